The Labute approximate surface area is 232 Å². The van der Waals surface area contributed by atoms with Crippen LogP contribution in [0, 0.1) is 0 Å². The number of hydrogen-bond acceptors (Lipinski definition) is 9. The van der Waals surface area contributed by atoms with Crippen molar-refractivity contribution < 1.29 is 19.0 Å². The lowest BCUT2D eigenvalue weighted by Crippen LogP contribution is -2.44. The summed E-state index contributed by atoms with van der Waals surface area (Å²) in [6.07, 6.45) is 2.34. The van der Waals surface area contributed by atoms with Crippen molar-refractivity contribution in [2.24, 2.45) is 5.73 Å². The number of urea groups is 1. The van der Waals surface area contributed by atoms with Crippen LogP contribution in [0.25, 0.3) is 11.2 Å². The van der Waals surface area contributed by atoms with Gasteiger partial charge in [-0.1, -0.05) is 17.7 Å². The van der Waals surface area contributed by atoms with Crippen LogP contribution in [0.3, 0.4) is 0 Å². The Morgan fingerprint density at radius 2 is 1.95 bits per heavy atom. The Hall–Kier alpha value is -3.03. The first kappa shape index (κ1) is 27.5. The fraction of sp³-hybridized carbons (Fsp3) is 0.538. The monoisotopic (exact) mass is 558 g/mol. The van der Waals surface area contributed by atoms with E-state index in [1.807, 2.05) is 24.5 Å². The summed E-state index contributed by atoms with van der Waals surface area (Å²) >= 11 is 6.13. The average Bonchev–Trinajstić information content (AvgIpc) is 3.52. The molecular weight excluding hydrogens is 524 g/mol. The number of halogens is 1. The van der Waals surface area contributed by atoms with E-state index >= 15 is 0 Å². The van der Waals surface area contributed by atoms with Crippen molar-refractivity contribution in [2.45, 2.75) is 70.5 Å². The van der Waals surface area contributed by atoms with E-state index in [9.17, 15) is 4.79 Å². The predicted octanol–water partition coefficient (Wildman–Crippen LogP) is 3.17. The molecule has 2 aromatic heterocycles. The van der Waals surface area contributed by atoms with Gasteiger partial charge in [-0.2, -0.15) is 0 Å². The van der Waals surface area contributed by atoms with Crippen molar-refractivity contribution in [1.29, 1.82) is 0 Å². The van der Waals surface area contributed by atoms with Crippen molar-refractivity contribution in [3.63, 3.8) is 0 Å². The van der Waals surface area contributed by atoms with E-state index in [0.29, 0.717) is 53.7 Å². The van der Waals surface area contributed by atoms with Gasteiger partial charge in [0.25, 0.3) is 0 Å². The van der Waals surface area contributed by atoms with Gasteiger partial charge in [-0.05, 0) is 52.3 Å². The quantitative estimate of drug-likeness (QED) is 0.404. The molecule has 3 aromatic rings. The lowest BCUT2D eigenvalue weighted by Gasteiger charge is -2.32. The van der Waals surface area contributed by atoms with E-state index in [-0.39, 0.29) is 24.4 Å². The number of benzene rings is 1. The molecule has 0 bridgehead atoms. The number of nitrogens with zero attached hydrogens (tertiary/aromatic N) is 6. The van der Waals surface area contributed by atoms with Crippen LogP contribution in [0.5, 0.6) is 0 Å². The summed E-state index contributed by atoms with van der Waals surface area (Å²) < 4.78 is 21.0. The number of carbonyl (C=O) groups is 1. The molecule has 1 aromatic carbocycles. The predicted molar refractivity (Wildman–Crippen MR) is 147 cm³/mol. The van der Waals surface area contributed by atoms with Crippen molar-refractivity contribution in [1.82, 2.24) is 24.4 Å². The Balaban J connectivity index is 1.31. The molecule has 13 heteroatoms. The number of aromatic nitrogens is 4. The van der Waals surface area contributed by atoms with Crippen LogP contribution in [-0.4, -0.2) is 80.2 Å². The number of hydrogen-bond donors (Lipinski definition) is 2. The lowest BCUT2D eigenvalue weighted by molar-refractivity contribution is -0.198. The zero-order valence-electron chi connectivity index (χ0n) is 22.5. The first-order chi connectivity index (χ1) is 18.5. The zero-order valence-corrected chi connectivity index (χ0v) is 23.3. The largest absolute Gasteiger partial charge is 0.382 e. The van der Waals surface area contributed by atoms with Gasteiger partial charge in [0.2, 0.25) is 0 Å². The molecule has 2 aliphatic rings. The minimum atomic E-state index is -0.762. The number of amides is 2. The highest BCUT2D eigenvalue weighted by Gasteiger charge is 2.56. The second kappa shape index (κ2) is 10.9. The lowest BCUT2D eigenvalue weighted by atomic mass is 10.1. The molecule has 210 valence electrons. The molecule has 0 aliphatic carbocycles. The van der Waals surface area contributed by atoms with E-state index in [2.05, 4.69) is 33.7 Å². The van der Waals surface area contributed by atoms with E-state index in [0.717, 1.165) is 0 Å². The van der Waals surface area contributed by atoms with E-state index in [1.54, 1.807) is 24.5 Å². The van der Waals surface area contributed by atoms with Gasteiger partial charge in [0.05, 0.1) is 6.33 Å². The van der Waals surface area contributed by atoms with Crippen LogP contribution in [-0.2, 0) is 14.2 Å². The fourth-order valence-corrected chi connectivity index (χ4v) is 5.50. The number of nitrogen functional groups attached to an aromatic ring is 1. The van der Waals surface area contributed by atoms with E-state index in [1.165, 1.54) is 11.2 Å². The summed E-state index contributed by atoms with van der Waals surface area (Å²) in [6.45, 7) is 9.84. The molecule has 0 saturated carbocycles. The molecule has 4 atom stereocenters. The number of rotatable bonds is 9. The zero-order chi connectivity index (χ0) is 27.9. The number of fused-ring (bicyclic) bond motifs is 2. The van der Waals surface area contributed by atoms with Gasteiger partial charge >= 0.3 is 6.03 Å². The molecule has 0 spiro atoms. The minimum Gasteiger partial charge on any atom is -0.382 e. The maximum Gasteiger partial charge on any atom is 0.319 e. The summed E-state index contributed by atoms with van der Waals surface area (Å²) in [7, 11) is 0. The molecule has 5 rings (SSSR count). The van der Waals surface area contributed by atoms with Gasteiger partial charge in [0, 0.05) is 36.4 Å². The third-order valence-electron chi connectivity index (χ3n) is 7.14. The van der Waals surface area contributed by atoms with Gasteiger partial charge in [0.1, 0.15) is 30.2 Å². The van der Waals surface area contributed by atoms with Gasteiger partial charge in [-0.25, -0.2) is 19.7 Å². The normalized spacial score (nSPS) is 24.1. The molecule has 2 aliphatic heterocycles. The smallest absolute Gasteiger partial charge is 0.319 e. The molecule has 2 saturated heterocycles. The Kier molecular flexibility index (Phi) is 7.66. The number of anilines is 2. The third kappa shape index (κ3) is 5.66. The Morgan fingerprint density at radius 1 is 1.18 bits per heavy atom. The van der Waals surface area contributed by atoms with Gasteiger partial charge < -0.3 is 25.7 Å². The topological polar surface area (TPSA) is 147 Å². The maximum absolute atomic E-state index is 12.2. The number of ether oxygens (including phenoxy) is 3. The maximum atomic E-state index is 12.2. The Morgan fingerprint density at radius 3 is 2.67 bits per heavy atom. The van der Waals surface area contributed by atoms with Crippen LogP contribution in [0.1, 0.15) is 40.3 Å². The molecular formula is C26H35ClN8O4. The number of primary amides is 1. The van der Waals surface area contributed by atoms with Crippen molar-refractivity contribution in [3.05, 3.63) is 41.9 Å². The number of carbonyl (C=O) groups excluding carboxylic acids is 1. The second-order valence-electron chi connectivity index (χ2n) is 10.6. The van der Waals surface area contributed by atoms with Gasteiger partial charge in [-0.3, -0.25) is 14.4 Å². The number of imidazole rings is 1. The van der Waals surface area contributed by atoms with Gasteiger partial charge in [-0.15, -0.1) is 0 Å². The SMILES string of the molecule is CC(C)N(CCCN(C(N)=O)c1cccc(Cl)c1)C[C@H]1O[C@@H](n2cnc3c(N)ncnc32)[C@@H]2OC(C)(C)O[C@@H]21. The van der Waals surface area contributed by atoms with Gasteiger partial charge in [0.15, 0.2) is 23.5 Å². The van der Waals surface area contributed by atoms with Crippen molar-refractivity contribution in [3.8, 4) is 0 Å². The highest BCUT2D eigenvalue weighted by atomic mass is 35.5. The van der Waals surface area contributed by atoms with Crippen molar-refractivity contribution in [2.75, 3.05) is 30.3 Å². The van der Waals surface area contributed by atoms with E-state index in [4.69, 9.17) is 37.3 Å². The van der Waals surface area contributed by atoms with Crippen molar-refractivity contribution >= 4 is 40.3 Å². The molecule has 39 heavy (non-hydrogen) atoms. The van der Waals surface area contributed by atoms with E-state index < -0.39 is 18.0 Å². The minimum absolute atomic E-state index is 0.219. The molecule has 4 heterocycles. The van der Waals surface area contributed by atoms with Crippen LogP contribution in [0.2, 0.25) is 5.02 Å². The molecule has 2 fully saturated rings. The molecule has 0 radical (unpaired) electrons. The average molecular weight is 559 g/mol. The van der Waals surface area contributed by atoms with Crippen LogP contribution in [0.15, 0.2) is 36.9 Å². The molecule has 2 amide bonds. The summed E-state index contributed by atoms with van der Waals surface area (Å²) in [5.74, 6) is -0.454. The summed E-state index contributed by atoms with van der Waals surface area (Å²) in [4.78, 5) is 28.8. The summed E-state index contributed by atoms with van der Waals surface area (Å²) in [6, 6.07) is 6.81. The van der Waals surface area contributed by atoms with Crippen LogP contribution in [0.4, 0.5) is 16.3 Å². The highest BCUT2D eigenvalue weighted by Crippen LogP contribution is 2.44. The summed E-state index contributed by atoms with van der Waals surface area (Å²) in [5.41, 5.74) is 13.4. The highest BCUT2D eigenvalue weighted by molar-refractivity contribution is 6.30. The fourth-order valence-electron chi connectivity index (χ4n) is 5.32. The Bertz CT molecular complexity index is 1330. The first-order valence-corrected chi connectivity index (χ1v) is 13.4. The van der Waals surface area contributed by atoms with Crippen LogP contribution >= 0.6 is 11.6 Å². The molecule has 4 N–H and O–H groups in total. The second-order valence-corrected chi connectivity index (χ2v) is 11.1. The molecule has 0 unspecified atom stereocenters. The summed E-state index contributed by atoms with van der Waals surface area (Å²) in [5, 5.41) is 0.548. The first-order valence-electron chi connectivity index (χ1n) is 13.0. The number of nitrogens with two attached hydrogens (primary N) is 2. The van der Waals surface area contributed by atoms with Crippen LogP contribution < -0.4 is 16.4 Å². The molecule has 12 nitrogen and oxygen atoms in total. The third-order valence-corrected chi connectivity index (χ3v) is 7.38. The standard InChI is InChI=1S/C26H35ClN8O4/c1-15(2)33(9-6-10-34(25(29)36)17-8-5-7-16(27)11-17)12-18-20-21(39-26(3,4)38-20)24(37-18)35-14-32-19-22(28)30-13-31-23(19)35/h5,7-8,11,13-15,18,20-21,24H,6,9-10,12H2,1-4H3,(H2,29,36)(H2,28,30,31)/t18-,20-,21-,24-/m1/s1.